The largest absolute Gasteiger partial charge is 0.325 e. The second kappa shape index (κ2) is 8.13. The SMILES string of the molecule is CCc1nn2c(c1-c1ccc(C)cc1)NC(=O)C2CC(=O)Nc1ccc(Cl)cc1Cl. The van der Waals surface area contributed by atoms with Gasteiger partial charge in [-0.2, -0.15) is 5.10 Å². The van der Waals surface area contributed by atoms with Gasteiger partial charge in [0.2, 0.25) is 5.91 Å². The highest BCUT2D eigenvalue weighted by Gasteiger charge is 2.36. The summed E-state index contributed by atoms with van der Waals surface area (Å²) in [5.41, 5.74) is 4.35. The van der Waals surface area contributed by atoms with Gasteiger partial charge in [0.1, 0.15) is 11.9 Å². The molecule has 1 aliphatic heterocycles. The lowest BCUT2D eigenvalue weighted by Gasteiger charge is -2.11. The number of nitrogens with one attached hydrogen (secondary N) is 2. The molecular weight excluding hydrogens is 423 g/mol. The second-order valence-electron chi connectivity index (χ2n) is 7.22. The summed E-state index contributed by atoms with van der Waals surface area (Å²) in [5, 5.41) is 11.1. The maximum atomic E-state index is 12.6. The van der Waals surface area contributed by atoms with Gasteiger partial charge < -0.3 is 10.6 Å². The third-order valence-corrected chi connectivity index (χ3v) is 5.63. The molecule has 30 heavy (non-hydrogen) atoms. The summed E-state index contributed by atoms with van der Waals surface area (Å²) in [6.45, 7) is 4.04. The maximum Gasteiger partial charge on any atom is 0.251 e. The van der Waals surface area contributed by atoms with Crippen LogP contribution in [-0.2, 0) is 16.0 Å². The summed E-state index contributed by atoms with van der Waals surface area (Å²) >= 11 is 12.0. The molecule has 1 atom stereocenters. The molecule has 8 heteroatoms. The number of benzene rings is 2. The average molecular weight is 443 g/mol. The van der Waals surface area contributed by atoms with Crippen molar-refractivity contribution < 1.29 is 9.59 Å². The first kappa shape index (κ1) is 20.4. The fourth-order valence-corrected chi connectivity index (χ4v) is 4.01. The number of hydrogen-bond acceptors (Lipinski definition) is 3. The molecule has 0 saturated carbocycles. The van der Waals surface area contributed by atoms with Crippen LogP contribution in [0.25, 0.3) is 11.1 Å². The lowest BCUT2D eigenvalue weighted by molar-refractivity contribution is -0.123. The Hall–Kier alpha value is -2.83. The van der Waals surface area contributed by atoms with Gasteiger partial charge in [0, 0.05) is 10.6 Å². The van der Waals surface area contributed by atoms with Crippen molar-refractivity contribution in [3.63, 3.8) is 0 Å². The Balaban J connectivity index is 1.61. The Morgan fingerprint density at radius 1 is 1.20 bits per heavy atom. The molecule has 2 N–H and O–H groups in total. The Morgan fingerprint density at radius 2 is 1.93 bits per heavy atom. The first-order valence-corrected chi connectivity index (χ1v) is 10.4. The Kier molecular flexibility index (Phi) is 5.54. The van der Waals surface area contributed by atoms with E-state index in [0.29, 0.717) is 28.0 Å². The van der Waals surface area contributed by atoms with Crippen molar-refractivity contribution in [3.05, 3.63) is 63.8 Å². The lowest BCUT2D eigenvalue weighted by Crippen LogP contribution is -2.24. The predicted molar refractivity (Wildman–Crippen MR) is 119 cm³/mol. The Bertz CT molecular complexity index is 1140. The van der Waals surface area contributed by atoms with Crippen LogP contribution in [0.5, 0.6) is 0 Å². The smallest absolute Gasteiger partial charge is 0.251 e. The van der Waals surface area contributed by atoms with E-state index in [-0.39, 0.29) is 18.2 Å². The number of amides is 2. The molecule has 2 heterocycles. The highest BCUT2D eigenvalue weighted by Crippen LogP contribution is 2.39. The number of aromatic nitrogens is 2. The standard InChI is InChI=1S/C22H20Cl2N4O2/c1-3-16-20(13-6-4-12(2)5-7-13)21-26-22(30)18(28(21)27-16)11-19(29)25-17-9-8-14(23)10-15(17)24/h4-10,18H,3,11H2,1-2H3,(H,25,29)(H,26,30). The van der Waals surface area contributed by atoms with Gasteiger partial charge in [0.15, 0.2) is 0 Å². The zero-order valence-electron chi connectivity index (χ0n) is 16.5. The minimum absolute atomic E-state index is 0.0596. The number of carbonyl (C=O) groups excluding carboxylic acids is 2. The van der Waals surface area contributed by atoms with Crippen LogP contribution in [0.15, 0.2) is 42.5 Å². The van der Waals surface area contributed by atoms with Gasteiger partial charge in [-0.3, -0.25) is 9.59 Å². The number of fused-ring (bicyclic) bond motifs is 1. The van der Waals surface area contributed by atoms with E-state index in [1.165, 1.54) is 0 Å². The molecule has 3 aromatic rings. The van der Waals surface area contributed by atoms with E-state index in [0.717, 1.165) is 22.4 Å². The number of rotatable bonds is 5. The Labute approximate surface area is 184 Å². The number of aryl methyl sites for hydroxylation is 2. The molecule has 1 aliphatic rings. The molecule has 0 radical (unpaired) electrons. The molecule has 4 rings (SSSR count). The molecule has 0 aliphatic carbocycles. The molecule has 1 aromatic heterocycles. The molecule has 6 nitrogen and oxygen atoms in total. The fourth-order valence-electron chi connectivity index (χ4n) is 3.56. The number of hydrogen-bond donors (Lipinski definition) is 2. The molecule has 0 bridgehead atoms. The van der Waals surface area contributed by atoms with Crippen molar-refractivity contribution in [2.45, 2.75) is 32.7 Å². The monoisotopic (exact) mass is 442 g/mol. The van der Waals surface area contributed by atoms with Crippen LogP contribution in [0.3, 0.4) is 0 Å². The molecular formula is C22H20Cl2N4O2. The van der Waals surface area contributed by atoms with Crippen molar-refractivity contribution in [1.82, 2.24) is 9.78 Å². The topological polar surface area (TPSA) is 76.0 Å². The minimum Gasteiger partial charge on any atom is -0.325 e. The van der Waals surface area contributed by atoms with Crippen molar-refractivity contribution in [2.75, 3.05) is 10.6 Å². The first-order valence-electron chi connectivity index (χ1n) is 9.61. The van der Waals surface area contributed by atoms with Gasteiger partial charge in [-0.05, 0) is 37.1 Å². The molecule has 154 valence electrons. The first-order chi connectivity index (χ1) is 14.4. The molecule has 0 spiro atoms. The van der Waals surface area contributed by atoms with E-state index in [4.69, 9.17) is 23.2 Å². The fraction of sp³-hybridized carbons (Fsp3) is 0.227. The van der Waals surface area contributed by atoms with Gasteiger partial charge in [-0.25, -0.2) is 4.68 Å². The van der Waals surface area contributed by atoms with Gasteiger partial charge in [-0.1, -0.05) is 60.0 Å². The quantitative estimate of drug-likeness (QED) is 0.566. The van der Waals surface area contributed by atoms with Crippen molar-refractivity contribution in [3.8, 4) is 11.1 Å². The zero-order valence-corrected chi connectivity index (χ0v) is 18.0. The van der Waals surface area contributed by atoms with E-state index >= 15 is 0 Å². The number of halogens is 2. The molecule has 2 aromatic carbocycles. The molecule has 0 saturated heterocycles. The van der Waals surface area contributed by atoms with Crippen LogP contribution >= 0.6 is 23.2 Å². The minimum atomic E-state index is -0.726. The van der Waals surface area contributed by atoms with Crippen molar-refractivity contribution in [1.29, 1.82) is 0 Å². The summed E-state index contributed by atoms with van der Waals surface area (Å²) in [7, 11) is 0. The second-order valence-corrected chi connectivity index (χ2v) is 8.06. The number of anilines is 2. The van der Waals surface area contributed by atoms with Crippen LogP contribution in [-0.4, -0.2) is 21.6 Å². The third-order valence-electron chi connectivity index (χ3n) is 5.08. The molecule has 0 fully saturated rings. The van der Waals surface area contributed by atoms with Gasteiger partial charge >= 0.3 is 0 Å². The van der Waals surface area contributed by atoms with E-state index in [9.17, 15) is 9.59 Å². The van der Waals surface area contributed by atoms with E-state index < -0.39 is 6.04 Å². The summed E-state index contributed by atoms with van der Waals surface area (Å²) in [6.07, 6.45) is 0.647. The average Bonchev–Trinajstić information content (AvgIpc) is 3.20. The van der Waals surface area contributed by atoms with E-state index in [2.05, 4.69) is 15.7 Å². The summed E-state index contributed by atoms with van der Waals surface area (Å²) in [6, 6.07) is 12.2. The Morgan fingerprint density at radius 3 is 2.60 bits per heavy atom. The molecule has 2 amide bonds. The number of nitrogens with zero attached hydrogens (tertiary/aromatic N) is 2. The molecule has 1 unspecified atom stereocenters. The highest BCUT2D eigenvalue weighted by atomic mass is 35.5. The summed E-state index contributed by atoms with van der Waals surface area (Å²) in [5.74, 6) is 0.0338. The van der Waals surface area contributed by atoms with Crippen LogP contribution in [0, 0.1) is 6.92 Å². The van der Waals surface area contributed by atoms with Crippen molar-refractivity contribution >= 4 is 46.5 Å². The van der Waals surface area contributed by atoms with Crippen LogP contribution in [0.2, 0.25) is 10.0 Å². The maximum absolute atomic E-state index is 12.6. The zero-order chi connectivity index (χ0) is 21.4. The highest BCUT2D eigenvalue weighted by molar-refractivity contribution is 6.36. The summed E-state index contributed by atoms with van der Waals surface area (Å²) < 4.78 is 1.62. The summed E-state index contributed by atoms with van der Waals surface area (Å²) in [4.78, 5) is 25.2. The lowest BCUT2D eigenvalue weighted by atomic mass is 10.0. The van der Waals surface area contributed by atoms with Crippen LogP contribution < -0.4 is 10.6 Å². The van der Waals surface area contributed by atoms with E-state index in [1.807, 2.05) is 38.1 Å². The van der Waals surface area contributed by atoms with Crippen LogP contribution in [0.4, 0.5) is 11.5 Å². The van der Waals surface area contributed by atoms with Crippen LogP contribution in [0.1, 0.15) is 30.6 Å². The predicted octanol–water partition coefficient (Wildman–Crippen LogP) is 5.25. The third kappa shape index (κ3) is 3.80. The van der Waals surface area contributed by atoms with Gasteiger partial charge in [-0.15, -0.1) is 0 Å². The number of carbonyl (C=O) groups is 2. The van der Waals surface area contributed by atoms with E-state index in [1.54, 1.807) is 22.9 Å². The van der Waals surface area contributed by atoms with Gasteiger partial charge in [0.25, 0.3) is 5.91 Å². The normalized spacial score (nSPS) is 15.1. The van der Waals surface area contributed by atoms with Crippen molar-refractivity contribution in [2.24, 2.45) is 0 Å². The van der Waals surface area contributed by atoms with Gasteiger partial charge in [0.05, 0.1) is 22.8 Å².